The highest BCUT2D eigenvalue weighted by molar-refractivity contribution is 5.94. The van der Waals surface area contributed by atoms with E-state index in [4.69, 9.17) is 9.47 Å². The summed E-state index contributed by atoms with van der Waals surface area (Å²) >= 11 is 0. The van der Waals surface area contributed by atoms with Gasteiger partial charge in [-0.05, 0) is 25.1 Å². The molecule has 4 rings (SSSR count). The fraction of sp³-hybridized carbons (Fsp3) is 0.381. The Balaban J connectivity index is 1.29. The number of rotatable bonds is 5. The normalized spacial score (nSPS) is 18.1. The summed E-state index contributed by atoms with van der Waals surface area (Å²) in [6.45, 7) is 5.85. The van der Waals surface area contributed by atoms with Crippen molar-refractivity contribution >= 4 is 11.6 Å². The zero-order valence-corrected chi connectivity index (χ0v) is 15.9. The van der Waals surface area contributed by atoms with Gasteiger partial charge in [-0.1, -0.05) is 18.2 Å². The van der Waals surface area contributed by atoms with Crippen LogP contribution >= 0.6 is 0 Å². The molecule has 0 radical (unpaired) electrons. The summed E-state index contributed by atoms with van der Waals surface area (Å²) in [4.78, 5) is 17.0. The molecular formula is C21H24FN3O3. The van der Waals surface area contributed by atoms with Crippen LogP contribution in [0, 0.1) is 5.82 Å². The van der Waals surface area contributed by atoms with Crippen LogP contribution < -0.4 is 14.8 Å². The molecule has 2 aromatic rings. The predicted molar refractivity (Wildman–Crippen MR) is 104 cm³/mol. The van der Waals surface area contributed by atoms with Gasteiger partial charge < -0.3 is 14.8 Å². The van der Waals surface area contributed by atoms with Crippen LogP contribution in [0.25, 0.3) is 0 Å². The number of carbonyl (C=O) groups excluding carboxylic acids is 1. The van der Waals surface area contributed by atoms with Gasteiger partial charge in [-0.25, -0.2) is 4.39 Å². The van der Waals surface area contributed by atoms with Crippen molar-refractivity contribution in [2.75, 3.05) is 38.3 Å². The molecule has 1 saturated heterocycles. The average Bonchev–Trinajstić information content (AvgIpc) is 3.17. The second-order valence-corrected chi connectivity index (χ2v) is 7.14. The summed E-state index contributed by atoms with van der Waals surface area (Å²) < 4.78 is 24.5. The summed E-state index contributed by atoms with van der Waals surface area (Å²) in [7, 11) is 0. The maximum atomic E-state index is 13.8. The number of halogens is 1. The van der Waals surface area contributed by atoms with Crippen molar-refractivity contribution in [1.82, 2.24) is 9.80 Å². The molecule has 148 valence electrons. The number of nitrogens with one attached hydrogen (secondary N) is 1. The van der Waals surface area contributed by atoms with Crippen LogP contribution in [0.5, 0.6) is 11.5 Å². The van der Waals surface area contributed by atoms with E-state index in [1.54, 1.807) is 18.2 Å². The third-order valence-electron chi connectivity index (χ3n) is 5.33. The summed E-state index contributed by atoms with van der Waals surface area (Å²) in [5.74, 6) is 1.12. The van der Waals surface area contributed by atoms with Crippen molar-refractivity contribution in [2.45, 2.75) is 19.5 Å². The number of piperazine rings is 1. The first-order chi connectivity index (χ1) is 13.6. The molecule has 1 amide bonds. The Morgan fingerprint density at radius 2 is 1.86 bits per heavy atom. The van der Waals surface area contributed by atoms with E-state index >= 15 is 0 Å². The minimum absolute atomic E-state index is 0.0542. The summed E-state index contributed by atoms with van der Waals surface area (Å²) in [6, 6.07) is 12.0. The fourth-order valence-corrected chi connectivity index (χ4v) is 3.56. The molecule has 28 heavy (non-hydrogen) atoms. The highest BCUT2D eigenvalue weighted by Crippen LogP contribution is 2.34. The third kappa shape index (κ3) is 4.10. The Labute approximate surface area is 163 Å². The Kier molecular flexibility index (Phi) is 5.45. The standard InChI is InChI=1S/C21H24FN3O3/c1-15(21(26)23-17-6-7-19-20(12-17)28-14-27-19)25-10-8-24(9-11-25)13-16-4-2-3-5-18(16)22/h2-7,12,15H,8-11,13-14H2,1H3,(H,23,26)/t15-/m1/s1. The lowest BCUT2D eigenvalue weighted by atomic mass is 10.1. The molecule has 2 aliphatic rings. The van der Waals surface area contributed by atoms with Gasteiger partial charge in [-0.2, -0.15) is 0 Å². The SMILES string of the molecule is C[C@H](C(=O)Nc1ccc2c(c1)OCO2)N1CCN(Cc2ccccc2F)CC1. The van der Waals surface area contributed by atoms with Crippen LogP contribution in [-0.2, 0) is 11.3 Å². The van der Waals surface area contributed by atoms with Crippen LogP contribution in [0.1, 0.15) is 12.5 Å². The quantitative estimate of drug-likeness (QED) is 0.858. The summed E-state index contributed by atoms with van der Waals surface area (Å²) in [5.41, 5.74) is 1.41. The molecule has 1 fully saturated rings. The van der Waals surface area contributed by atoms with Gasteiger partial charge in [0.1, 0.15) is 5.82 Å². The van der Waals surface area contributed by atoms with Crippen molar-refractivity contribution < 1.29 is 18.7 Å². The second-order valence-electron chi connectivity index (χ2n) is 7.14. The van der Waals surface area contributed by atoms with Gasteiger partial charge in [0.15, 0.2) is 11.5 Å². The van der Waals surface area contributed by atoms with Gasteiger partial charge in [-0.3, -0.25) is 14.6 Å². The second kappa shape index (κ2) is 8.16. The first-order valence-electron chi connectivity index (χ1n) is 9.50. The van der Waals surface area contributed by atoms with Crippen LogP contribution in [0.3, 0.4) is 0 Å². The van der Waals surface area contributed by atoms with Gasteiger partial charge in [0.25, 0.3) is 0 Å². The van der Waals surface area contributed by atoms with Gasteiger partial charge in [0.2, 0.25) is 12.7 Å². The van der Waals surface area contributed by atoms with E-state index in [-0.39, 0.29) is 24.6 Å². The average molecular weight is 385 g/mol. The van der Waals surface area contributed by atoms with E-state index in [1.165, 1.54) is 6.07 Å². The molecule has 2 aliphatic heterocycles. The molecular weight excluding hydrogens is 361 g/mol. The van der Waals surface area contributed by atoms with E-state index < -0.39 is 0 Å². The van der Waals surface area contributed by atoms with Crippen LogP contribution in [-0.4, -0.2) is 54.7 Å². The third-order valence-corrected chi connectivity index (χ3v) is 5.33. The highest BCUT2D eigenvalue weighted by atomic mass is 19.1. The number of benzene rings is 2. The van der Waals surface area contributed by atoms with Crippen molar-refractivity contribution in [3.63, 3.8) is 0 Å². The lowest BCUT2D eigenvalue weighted by Gasteiger charge is -2.37. The number of carbonyl (C=O) groups is 1. The monoisotopic (exact) mass is 385 g/mol. The predicted octanol–water partition coefficient (Wildman–Crippen LogP) is 2.70. The molecule has 0 aliphatic carbocycles. The molecule has 0 aromatic heterocycles. The van der Waals surface area contributed by atoms with Crippen LogP contribution in [0.15, 0.2) is 42.5 Å². The smallest absolute Gasteiger partial charge is 0.241 e. The first kappa shape index (κ1) is 18.7. The molecule has 1 N–H and O–H groups in total. The Morgan fingerprint density at radius 3 is 2.64 bits per heavy atom. The highest BCUT2D eigenvalue weighted by Gasteiger charge is 2.26. The molecule has 1 atom stereocenters. The zero-order chi connectivity index (χ0) is 19.5. The van der Waals surface area contributed by atoms with Gasteiger partial charge in [0.05, 0.1) is 6.04 Å². The molecule has 2 heterocycles. The molecule has 6 nitrogen and oxygen atoms in total. The number of hydrogen-bond acceptors (Lipinski definition) is 5. The number of ether oxygens (including phenoxy) is 2. The molecule has 0 bridgehead atoms. The Morgan fingerprint density at radius 1 is 1.11 bits per heavy atom. The maximum absolute atomic E-state index is 13.8. The van der Waals surface area contributed by atoms with Gasteiger partial charge in [-0.15, -0.1) is 0 Å². The fourth-order valence-electron chi connectivity index (χ4n) is 3.56. The maximum Gasteiger partial charge on any atom is 0.241 e. The van der Waals surface area contributed by atoms with Crippen molar-refractivity contribution in [2.24, 2.45) is 0 Å². The number of nitrogens with zero attached hydrogens (tertiary/aromatic N) is 2. The van der Waals surface area contributed by atoms with E-state index in [9.17, 15) is 9.18 Å². The van der Waals surface area contributed by atoms with Crippen molar-refractivity contribution in [3.05, 3.63) is 53.8 Å². The van der Waals surface area contributed by atoms with Crippen LogP contribution in [0.4, 0.5) is 10.1 Å². The molecule has 0 spiro atoms. The van der Waals surface area contributed by atoms with Gasteiger partial charge >= 0.3 is 0 Å². The van der Waals surface area contributed by atoms with Crippen molar-refractivity contribution in [1.29, 1.82) is 0 Å². The molecule has 0 saturated carbocycles. The molecule has 2 aromatic carbocycles. The largest absolute Gasteiger partial charge is 0.454 e. The topological polar surface area (TPSA) is 54.0 Å². The minimum atomic E-state index is -0.249. The van der Waals surface area contributed by atoms with E-state index in [0.717, 1.165) is 26.2 Å². The number of fused-ring (bicyclic) bond motifs is 1. The van der Waals surface area contributed by atoms with Gasteiger partial charge in [0, 0.05) is 50.0 Å². The number of anilines is 1. The van der Waals surface area contributed by atoms with E-state index in [2.05, 4.69) is 15.1 Å². The minimum Gasteiger partial charge on any atom is -0.454 e. The molecule has 0 unspecified atom stereocenters. The van der Waals surface area contributed by atoms with Crippen molar-refractivity contribution in [3.8, 4) is 11.5 Å². The van der Waals surface area contributed by atoms with E-state index in [0.29, 0.717) is 29.3 Å². The Hall–Kier alpha value is -2.64. The number of hydrogen-bond donors (Lipinski definition) is 1. The summed E-state index contributed by atoms with van der Waals surface area (Å²) in [6.07, 6.45) is 0. The lowest BCUT2D eigenvalue weighted by molar-refractivity contribution is -0.121. The van der Waals surface area contributed by atoms with Crippen LogP contribution in [0.2, 0.25) is 0 Å². The Bertz CT molecular complexity index is 853. The molecule has 7 heteroatoms. The van der Waals surface area contributed by atoms with E-state index in [1.807, 2.05) is 25.1 Å². The zero-order valence-electron chi connectivity index (χ0n) is 15.9. The lowest BCUT2D eigenvalue weighted by Crippen LogP contribution is -2.52. The summed E-state index contributed by atoms with van der Waals surface area (Å²) in [5, 5.41) is 2.95. The first-order valence-corrected chi connectivity index (χ1v) is 9.50. The number of amides is 1.